The summed E-state index contributed by atoms with van der Waals surface area (Å²) in [6, 6.07) is 11.9. The van der Waals surface area contributed by atoms with Crippen LogP contribution in [0.4, 0.5) is 5.69 Å². The van der Waals surface area contributed by atoms with Crippen molar-refractivity contribution in [3.05, 3.63) is 64.7 Å². The largest absolute Gasteiger partial charge is 0.465 e. The summed E-state index contributed by atoms with van der Waals surface area (Å²) in [7, 11) is 1.29. The Labute approximate surface area is 158 Å². The molecule has 0 aliphatic rings. The number of carbonyl (C=O) groups excluding carboxylic acids is 3. The third-order valence-corrected chi connectivity index (χ3v) is 4.08. The molecule has 0 radical (unpaired) electrons. The molecule has 0 aliphatic carbocycles. The Bertz CT molecular complexity index is 840. The molecule has 1 amide bonds. The van der Waals surface area contributed by atoms with Gasteiger partial charge in [-0.1, -0.05) is 32.0 Å². The molecule has 6 heteroatoms. The van der Waals surface area contributed by atoms with Crippen molar-refractivity contribution >= 4 is 23.5 Å². The Morgan fingerprint density at radius 3 is 2.19 bits per heavy atom. The summed E-state index contributed by atoms with van der Waals surface area (Å²) in [5.74, 6) is -1.20. The van der Waals surface area contributed by atoms with E-state index in [-0.39, 0.29) is 0 Å². The second kappa shape index (κ2) is 8.98. The number of carbonyl (C=O) groups is 3. The van der Waals surface area contributed by atoms with E-state index in [1.807, 2.05) is 12.1 Å². The van der Waals surface area contributed by atoms with E-state index in [0.29, 0.717) is 22.7 Å². The van der Waals surface area contributed by atoms with Gasteiger partial charge in [-0.25, -0.2) is 9.59 Å². The minimum atomic E-state index is -0.569. The lowest BCUT2D eigenvalue weighted by atomic mass is 10.0. The van der Waals surface area contributed by atoms with Gasteiger partial charge in [0.2, 0.25) is 0 Å². The van der Waals surface area contributed by atoms with Crippen molar-refractivity contribution < 1.29 is 23.9 Å². The van der Waals surface area contributed by atoms with Gasteiger partial charge >= 0.3 is 11.9 Å². The van der Waals surface area contributed by atoms with Crippen LogP contribution in [-0.2, 0) is 14.3 Å². The average molecular weight is 369 g/mol. The molecule has 0 atom stereocenters. The van der Waals surface area contributed by atoms with Crippen LogP contribution in [0.2, 0.25) is 0 Å². The lowest BCUT2D eigenvalue weighted by Gasteiger charge is -2.11. The highest BCUT2D eigenvalue weighted by Gasteiger charge is 2.13. The highest BCUT2D eigenvalue weighted by molar-refractivity contribution is 5.97. The molecular weight excluding hydrogens is 346 g/mol. The minimum absolute atomic E-state index is 0.320. The van der Waals surface area contributed by atoms with Crippen LogP contribution in [0.3, 0.4) is 0 Å². The third kappa shape index (κ3) is 5.41. The maximum absolute atomic E-state index is 12.1. The summed E-state index contributed by atoms with van der Waals surface area (Å²) < 4.78 is 9.72. The zero-order valence-corrected chi connectivity index (χ0v) is 15.9. The summed E-state index contributed by atoms with van der Waals surface area (Å²) in [6.07, 6.45) is 0. The van der Waals surface area contributed by atoms with Crippen molar-refractivity contribution in [3.8, 4) is 0 Å². The zero-order valence-electron chi connectivity index (χ0n) is 15.9. The van der Waals surface area contributed by atoms with Gasteiger partial charge in [0.25, 0.3) is 5.91 Å². The molecule has 0 fully saturated rings. The van der Waals surface area contributed by atoms with E-state index in [4.69, 9.17) is 4.74 Å². The van der Waals surface area contributed by atoms with Crippen LogP contribution in [0, 0.1) is 6.92 Å². The van der Waals surface area contributed by atoms with E-state index in [2.05, 4.69) is 23.9 Å². The van der Waals surface area contributed by atoms with Crippen LogP contribution in [0.15, 0.2) is 42.5 Å². The van der Waals surface area contributed by atoms with Crippen molar-refractivity contribution in [1.29, 1.82) is 0 Å². The molecule has 27 heavy (non-hydrogen) atoms. The minimum Gasteiger partial charge on any atom is -0.465 e. The van der Waals surface area contributed by atoms with E-state index in [0.717, 1.165) is 11.1 Å². The molecule has 2 rings (SSSR count). The van der Waals surface area contributed by atoms with Crippen molar-refractivity contribution in [2.24, 2.45) is 0 Å². The molecule has 0 aromatic heterocycles. The molecule has 142 valence electrons. The molecule has 0 unspecified atom stereocenters. The first-order valence-corrected chi connectivity index (χ1v) is 8.57. The summed E-state index contributed by atoms with van der Waals surface area (Å²) in [4.78, 5) is 35.8. The Hall–Kier alpha value is -3.15. The number of rotatable bonds is 6. The second-order valence-electron chi connectivity index (χ2n) is 6.42. The van der Waals surface area contributed by atoms with Gasteiger partial charge in [-0.3, -0.25) is 4.79 Å². The quantitative estimate of drug-likeness (QED) is 0.785. The maximum Gasteiger partial charge on any atom is 0.338 e. The Kier molecular flexibility index (Phi) is 6.71. The van der Waals surface area contributed by atoms with Crippen molar-refractivity contribution in [2.75, 3.05) is 19.0 Å². The predicted molar refractivity (Wildman–Crippen MR) is 102 cm³/mol. The highest BCUT2D eigenvalue weighted by Crippen LogP contribution is 2.18. The molecule has 0 bridgehead atoms. The van der Waals surface area contributed by atoms with Gasteiger partial charge in [-0.05, 0) is 48.2 Å². The number of esters is 2. The number of anilines is 1. The van der Waals surface area contributed by atoms with Crippen LogP contribution in [-0.4, -0.2) is 31.6 Å². The summed E-state index contributed by atoms with van der Waals surface area (Å²) in [6.45, 7) is 5.50. The number of hydrogen-bond donors (Lipinski definition) is 1. The number of aryl methyl sites for hydroxylation is 1. The van der Waals surface area contributed by atoms with Crippen LogP contribution < -0.4 is 5.32 Å². The number of methoxy groups -OCH3 is 1. The smallest absolute Gasteiger partial charge is 0.338 e. The normalized spacial score (nSPS) is 10.4. The van der Waals surface area contributed by atoms with Crippen LogP contribution in [0.25, 0.3) is 0 Å². The maximum atomic E-state index is 12.1. The molecule has 0 saturated heterocycles. The number of ether oxygens (including phenoxy) is 2. The Balaban J connectivity index is 1.96. The molecular formula is C21H23NO5. The first-order chi connectivity index (χ1) is 12.8. The Morgan fingerprint density at radius 2 is 1.59 bits per heavy atom. The van der Waals surface area contributed by atoms with Crippen molar-refractivity contribution in [1.82, 2.24) is 0 Å². The van der Waals surface area contributed by atoms with Crippen molar-refractivity contribution in [3.63, 3.8) is 0 Å². The van der Waals surface area contributed by atoms with Gasteiger partial charge in [-0.2, -0.15) is 0 Å². The van der Waals surface area contributed by atoms with Crippen LogP contribution in [0.5, 0.6) is 0 Å². The Morgan fingerprint density at radius 1 is 0.963 bits per heavy atom. The first kappa shape index (κ1) is 20.2. The van der Waals surface area contributed by atoms with Crippen molar-refractivity contribution in [2.45, 2.75) is 26.7 Å². The lowest BCUT2D eigenvalue weighted by Crippen LogP contribution is -2.21. The molecule has 0 saturated carbocycles. The van der Waals surface area contributed by atoms with Gasteiger partial charge in [0.1, 0.15) is 0 Å². The van der Waals surface area contributed by atoms with E-state index in [1.54, 1.807) is 31.2 Å². The van der Waals surface area contributed by atoms with E-state index in [1.165, 1.54) is 13.2 Å². The van der Waals surface area contributed by atoms with E-state index < -0.39 is 24.5 Å². The number of amides is 1. The topological polar surface area (TPSA) is 81.7 Å². The molecule has 6 nitrogen and oxygen atoms in total. The van der Waals surface area contributed by atoms with Gasteiger partial charge < -0.3 is 14.8 Å². The van der Waals surface area contributed by atoms with Gasteiger partial charge in [-0.15, -0.1) is 0 Å². The van der Waals surface area contributed by atoms with E-state index >= 15 is 0 Å². The van der Waals surface area contributed by atoms with Gasteiger partial charge in [0.05, 0.1) is 18.2 Å². The second-order valence-corrected chi connectivity index (χ2v) is 6.42. The molecule has 0 aliphatic heterocycles. The molecule has 0 heterocycles. The SMILES string of the molecule is COC(=O)c1ccc(C)c(NC(=O)COC(=O)c2ccc(C(C)C)cc2)c1. The molecule has 2 aromatic rings. The monoisotopic (exact) mass is 369 g/mol. The van der Waals surface area contributed by atoms with Gasteiger partial charge in [0.15, 0.2) is 6.61 Å². The lowest BCUT2D eigenvalue weighted by molar-refractivity contribution is -0.119. The first-order valence-electron chi connectivity index (χ1n) is 8.57. The summed E-state index contributed by atoms with van der Waals surface area (Å²) in [5, 5.41) is 2.64. The highest BCUT2D eigenvalue weighted by atomic mass is 16.5. The fourth-order valence-corrected chi connectivity index (χ4v) is 2.41. The predicted octanol–water partition coefficient (Wildman–Crippen LogP) is 3.70. The fraction of sp³-hybridized carbons (Fsp3) is 0.286. The van der Waals surface area contributed by atoms with Crippen LogP contribution in [0.1, 0.15) is 51.6 Å². The number of benzene rings is 2. The molecule has 0 spiro atoms. The number of nitrogens with one attached hydrogen (secondary N) is 1. The molecule has 2 aromatic carbocycles. The van der Waals surface area contributed by atoms with E-state index in [9.17, 15) is 14.4 Å². The summed E-state index contributed by atoms with van der Waals surface area (Å²) >= 11 is 0. The molecule has 1 N–H and O–H groups in total. The van der Waals surface area contributed by atoms with Crippen LogP contribution >= 0.6 is 0 Å². The van der Waals surface area contributed by atoms with Gasteiger partial charge in [0, 0.05) is 5.69 Å². The number of hydrogen-bond acceptors (Lipinski definition) is 5. The fourth-order valence-electron chi connectivity index (χ4n) is 2.41. The summed E-state index contributed by atoms with van der Waals surface area (Å²) in [5.41, 5.74) is 3.05. The third-order valence-electron chi connectivity index (χ3n) is 4.08. The average Bonchev–Trinajstić information content (AvgIpc) is 2.67. The zero-order chi connectivity index (χ0) is 20.0. The standard InChI is InChI=1S/C21H23NO5/c1-13(2)15-7-9-16(10-8-15)21(25)27-12-19(23)22-18-11-17(20(24)26-4)6-5-14(18)3/h5-11,13H,12H2,1-4H3,(H,22,23).